The van der Waals surface area contributed by atoms with Crippen LogP contribution in [0.2, 0.25) is 0 Å². The van der Waals surface area contributed by atoms with Gasteiger partial charge in [-0.3, -0.25) is 0 Å². The van der Waals surface area contributed by atoms with E-state index in [-0.39, 0.29) is 0 Å². The van der Waals surface area contributed by atoms with Crippen molar-refractivity contribution in [3.05, 3.63) is 43.8 Å². The van der Waals surface area contributed by atoms with Crippen molar-refractivity contribution in [1.29, 1.82) is 0 Å². The number of rotatable bonds is 6. The summed E-state index contributed by atoms with van der Waals surface area (Å²) in [6.07, 6.45) is 0.909. The van der Waals surface area contributed by atoms with Crippen LogP contribution in [-0.2, 0) is 17.8 Å². The molecule has 0 bridgehead atoms. The maximum atomic E-state index is 10.8. The molecule has 0 spiro atoms. The van der Waals surface area contributed by atoms with Crippen molar-refractivity contribution in [2.24, 2.45) is 0 Å². The molecule has 2 aromatic rings. The molecule has 3 nitrogen and oxygen atoms in total. The first-order valence-electron chi connectivity index (χ1n) is 5.59. The normalized spacial score (nSPS) is 10.7. The Balaban J connectivity index is 1.81. The van der Waals surface area contributed by atoms with Crippen molar-refractivity contribution in [2.75, 3.05) is 6.61 Å². The third-order valence-corrected chi connectivity index (χ3v) is 4.58. The number of aromatic carboxylic acids is 1. The number of ether oxygens (including phenoxy) is 1. The van der Waals surface area contributed by atoms with Crippen molar-refractivity contribution in [1.82, 2.24) is 0 Å². The van der Waals surface area contributed by atoms with E-state index in [0.29, 0.717) is 18.1 Å². The van der Waals surface area contributed by atoms with Gasteiger partial charge in [-0.25, -0.2) is 4.79 Å². The highest BCUT2D eigenvalue weighted by Gasteiger charge is 2.10. The van der Waals surface area contributed by atoms with E-state index in [4.69, 9.17) is 9.84 Å². The van der Waals surface area contributed by atoms with Gasteiger partial charge in [0, 0.05) is 16.2 Å². The van der Waals surface area contributed by atoms with Crippen LogP contribution < -0.4 is 0 Å². The molecule has 0 aliphatic rings. The van der Waals surface area contributed by atoms with Crippen LogP contribution in [0.5, 0.6) is 0 Å². The molecule has 0 aromatic carbocycles. The van der Waals surface area contributed by atoms with Crippen molar-refractivity contribution >= 4 is 28.6 Å². The van der Waals surface area contributed by atoms with Gasteiger partial charge in [-0.1, -0.05) is 6.07 Å². The summed E-state index contributed by atoms with van der Waals surface area (Å²) in [6.45, 7) is 3.08. The summed E-state index contributed by atoms with van der Waals surface area (Å²) in [5.41, 5.74) is 0.976. The molecule has 2 rings (SSSR count). The summed E-state index contributed by atoms with van der Waals surface area (Å²) in [7, 11) is 0. The number of carboxylic acid groups (broad SMARTS) is 1. The van der Waals surface area contributed by atoms with Crippen molar-refractivity contribution < 1.29 is 14.6 Å². The largest absolute Gasteiger partial charge is 0.477 e. The minimum Gasteiger partial charge on any atom is -0.477 e. The fraction of sp³-hybridized carbons (Fsp3) is 0.308. The third-order valence-electron chi connectivity index (χ3n) is 2.56. The van der Waals surface area contributed by atoms with Gasteiger partial charge in [0.2, 0.25) is 0 Å². The zero-order valence-electron chi connectivity index (χ0n) is 10.0. The average Bonchev–Trinajstić information content (AvgIpc) is 2.94. The van der Waals surface area contributed by atoms with Crippen LogP contribution in [0, 0.1) is 6.92 Å². The second-order valence-electron chi connectivity index (χ2n) is 3.88. The Morgan fingerprint density at radius 2 is 2.33 bits per heavy atom. The quantitative estimate of drug-likeness (QED) is 0.824. The molecule has 0 radical (unpaired) electrons. The van der Waals surface area contributed by atoms with Crippen LogP contribution in [0.4, 0.5) is 0 Å². The zero-order valence-corrected chi connectivity index (χ0v) is 11.6. The Hall–Kier alpha value is -1.17. The lowest BCUT2D eigenvalue weighted by Crippen LogP contribution is -1.98. The van der Waals surface area contributed by atoms with Gasteiger partial charge in [-0.15, -0.1) is 22.7 Å². The molecule has 0 saturated heterocycles. The van der Waals surface area contributed by atoms with Gasteiger partial charge in [0.25, 0.3) is 0 Å². The van der Waals surface area contributed by atoms with Gasteiger partial charge >= 0.3 is 5.97 Å². The van der Waals surface area contributed by atoms with E-state index >= 15 is 0 Å². The molecule has 1 N–H and O–H groups in total. The highest BCUT2D eigenvalue weighted by Crippen LogP contribution is 2.22. The zero-order chi connectivity index (χ0) is 13.0. The van der Waals surface area contributed by atoms with Crippen LogP contribution in [0.1, 0.15) is 25.0 Å². The molecule has 2 aromatic heterocycles. The smallest absolute Gasteiger partial charge is 0.345 e. The Morgan fingerprint density at radius 1 is 1.50 bits per heavy atom. The Morgan fingerprint density at radius 3 is 2.94 bits per heavy atom. The van der Waals surface area contributed by atoms with Gasteiger partial charge in [-0.2, -0.15) is 0 Å². The van der Waals surface area contributed by atoms with Crippen molar-refractivity contribution in [3.63, 3.8) is 0 Å². The van der Waals surface area contributed by atoms with E-state index in [1.807, 2.05) is 13.0 Å². The number of carboxylic acids is 1. The SMILES string of the molecule is Cc1sc(C(=O)O)cc1COCCc1cccs1. The first-order chi connectivity index (χ1) is 8.66. The Bertz CT molecular complexity index is 514. The Kier molecular flexibility index (Phi) is 4.52. The Labute approximate surface area is 114 Å². The topological polar surface area (TPSA) is 46.5 Å². The maximum absolute atomic E-state index is 10.8. The van der Waals surface area contributed by atoms with Crippen LogP contribution in [-0.4, -0.2) is 17.7 Å². The number of carbonyl (C=O) groups is 1. The van der Waals surface area contributed by atoms with E-state index in [2.05, 4.69) is 11.4 Å². The van der Waals surface area contributed by atoms with Crippen molar-refractivity contribution in [2.45, 2.75) is 20.0 Å². The fourth-order valence-electron chi connectivity index (χ4n) is 1.58. The molecule has 0 fully saturated rings. The standard InChI is InChI=1S/C13H14O3S2/c1-9-10(7-12(18-9)13(14)15)8-16-5-4-11-3-2-6-17-11/h2-3,6-7H,4-5,8H2,1H3,(H,14,15). The highest BCUT2D eigenvalue weighted by molar-refractivity contribution is 7.14. The lowest BCUT2D eigenvalue weighted by atomic mass is 10.2. The second kappa shape index (κ2) is 6.13. The molecule has 5 heteroatoms. The molecule has 18 heavy (non-hydrogen) atoms. The van der Waals surface area contributed by atoms with Gasteiger partial charge in [0.1, 0.15) is 4.88 Å². The van der Waals surface area contributed by atoms with E-state index in [1.165, 1.54) is 16.2 Å². The van der Waals surface area contributed by atoms with Gasteiger partial charge in [0.15, 0.2) is 0 Å². The molecule has 0 aliphatic heterocycles. The van der Waals surface area contributed by atoms with E-state index in [9.17, 15) is 4.79 Å². The summed E-state index contributed by atoms with van der Waals surface area (Å²) < 4.78 is 5.59. The maximum Gasteiger partial charge on any atom is 0.345 e. The fourth-order valence-corrected chi connectivity index (χ4v) is 3.14. The van der Waals surface area contributed by atoms with E-state index in [0.717, 1.165) is 16.9 Å². The second-order valence-corrected chi connectivity index (χ2v) is 6.17. The molecule has 0 unspecified atom stereocenters. The minimum atomic E-state index is -0.868. The molecule has 0 atom stereocenters. The minimum absolute atomic E-state index is 0.379. The predicted molar refractivity (Wildman–Crippen MR) is 73.7 cm³/mol. The van der Waals surface area contributed by atoms with Crippen molar-refractivity contribution in [3.8, 4) is 0 Å². The molecule has 0 saturated carbocycles. The first-order valence-corrected chi connectivity index (χ1v) is 7.29. The summed E-state index contributed by atoms with van der Waals surface area (Å²) in [5.74, 6) is -0.868. The lowest BCUT2D eigenvalue weighted by Gasteiger charge is -2.02. The van der Waals surface area contributed by atoms with E-state index in [1.54, 1.807) is 17.4 Å². The highest BCUT2D eigenvalue weighted by atomic mass is 32.1. The molecular formula is C13H14O3S2. The molecule has 2 heterocycles. The predicted octanol–water partition coefficient (Wildman–Crippen LogP) is 3.58. The van der Waals surface area contributed by atoms with Gasteiger partial charge in [-0.05, 0) is 30.0 Å². The van der Waals surface area contributed by atoms with Crippen LogP contribution >= 0.6 is 22.7 Å². The van der Waals surface area contributed by atoms with Gasteiger partial charge in [0.05, 0.1) is 13.2 Å². The molecule has 96 valence electrons. The number of hydrogen-bond donors (Lipinski definition) is 1. The van der Waals surface area contributed by atoms with Crippen LogP contribution in [0.3, 0.4) is 0 Å². The molecule has 0 amide bonds. The number of hydrogen-bond acceptors (Lipinski definition) is 4. The van der Waals surface area contributed by atoms with E-state index < -0.39 is 5.97 Å². The summed E-state index contributed by atoms with van der Waals surface area (Å²) in [5, 5.41) is 10.9. The lowest BCUT2D eigenvalue weighted by molar-refractivity contribution is 0.0702. The summed E-state index contributed by atoms with van der Waals surface area (Å²) in [4.78, 5) is 13.5. The average molecular weight is 282 g/mol. The molecule has 0 aliphatic carbocycles. The van der Waals surface area contributed by atoms with Gasteiger partial charge < -0.3 is 9.84 Å². The number of thiophene rings is 2. The van der Waals surface area contributed by atoms with Crippen LogP contribution in [0.15, 0.2) is 23.6 Å². The summed E-state index contributed by atoms with van der Waals surface area (Å²) >= 11 is 3.03. The summed E-state index contributed by atoms with van der Waals surface area (Å²) in [6, 6.07) is 5.82. The third kappa shape index (κ3) is 3.41. The van der Waals surface area contributed by atoms with Crippen LogP contribution in [0.25, 0.3) is 0 Å². The molecular weight excluding hydrogens is 268 g/mol. The first kappa shape index (κ1) is 13.3. The monoisotopic (exact) mass is 282 g/mol. The number of aryl methyl sites for hydroxylation is 1.